The van der Waals surface area contributed by atoms with E-state index < -0.39 is 0 Å². The number of hydrogen-bond acceptors (Lipinski definition) is 4. The average Bonchev–Trinajstić information content (AvgIpc) is 2.23. The minimum absolute atomic E-state index is 0.0976. The maximum absolute atomic E-state index is 11.4. The molecule has 5 heteroatoms. The lowest BCUT2D eigenvalue weighted by Crippen LogP contribution is -2.59. The summed E-state index contributed by atoms with van der Waals surface area (Å²) >= 11 is 0. The normalized spacial score (nSPS) is 19.9. The molecule has 1 unspecified atom stereocenters. The molecule has 1 rings (SSSR count). The lowest BCUT2D eigenvalue weighted by molar-refractivity contribution is -0.135. The first kappa shape index (κ1) is 13.4. The number of hydrogen-bond donors (Lipinski definition) is 3. The summed E-state index contributed by atoms with van der Waals surface area (Å²) in [6.07, 6.45) is 0.992. The molecule has 1 saturated heterocycles. The summed E-state index contributed by atoms with van der Waals surface area (Å²) in [5.74, 6) is -0.114. The molecule has 3 N–H and O–H groups in total. The molecule has 1 heterocycles. The van der Waals surface area contributed by atoms with Crippen LogP contribution in [0.5, 0.6) is 0 Å². The van der Waals surface area contributed by atoms with E-state index in [-0.39, 0.29) is 24.2 Å². The minimum Gasteiger partial charge on any atom is -0.393 e. The molecular formula is C11H22N2O3. The molecule has 0 bridgehead atoms. The van der Waals surface area contributed by atoms with Crippen LogP contribution in [-0.4, -0.2) is 49.0 Å². The molecule has 16 heavy (non-hydrogen) atoms. The third-order valence-electron chi connectivity index (χ3n) is 2.82. The zero-order valence-electron chi connectivity index (χ0n) is 10.1. The standard InChI is InChI=1S/C11H22N2O3/c1-3-9(14)4-5-13-10(15)6-16-11(2)7-12-8-11/h9,12,14H,3-8H2,1-2H3,(H,13,15). The van der Waals surface area contributed by atoms with Crippen LogP contribution in [0, 0.1) is 0 Å². The van der Waals surface area contributed by atoms with E-state index in [9.17, 15) is 9.90 Å². The van der Waals surface area contributed by atoms with E-state index in [2.05, 4.69) is 10.6 Å². The Morgan fingerprint density at radius 1 is 1.62 bits per heavy atom. The predicted octanol–water partition coefficient (Wildman–Crippen LogP) is -0.358. The van der Waals surface area contributed by atoms with Crippen molar-refractivity contribution in [2.75, 3.05) is 26.2 Å². The van der Waals surface area contributed by atoms with Crippen molar-refractivity contribution in [3.63, 3.8) is 0 Å². The number of carbonyl (C=O) groups excluding carboxylic acids is 1. The van der Waals surface area contributed by atoms with Gasteiger partial charge in [0.15, 0.2) is 0 Å². The third kappa shape index (κ3) is 4.47. The van der Waals surface area contributed by atoms with Crippen LogP contribution < -0.4 is 10.6 Å². The Balaban J connectivity index is 2.02. The van der Waals surface area contributed by atoms with Crippen molar-refractivity contribution >= 4 is 5.91 Å². The van der Waals surface area contributed by atoms with Crippen LogP contribution in [0.15, 0.2) is 0 Å². The van der Waals surface area contributed by atoms with Crippen molar-refractivity contribution in [2.45, 2.75) is 38.4 Å². The Morgan fingerprint density at radius 2 is 2.31 bits per heavy atom. The summed E-state index contributed by atoms with van der Waals surface area (Å²) in [6.45, 7) is 6.11. The molecule has 1 aliphatic rings. The molecule has 0 spiro atoms. The fourth-order valence-electron chi connectivity index (χ4n) is 1.45. The largest absolute Gasteiger partial charge is 0.393 e. The van der Waals surface area contributed by atoms with Gasteiger partial charge in [0, 0.05) is 19.6 Å². The first-order chi connectivity index (χ1) is 7.56. The highest BCUT2D eigenvalue weighted by atomic mass is 16.5. The van der Waals surface area contributed by atoms with Gasteiger partial charge >= 0.3 is 0 Å². The Labute approximate surface area is 96.6 Å². The zero-order valence-corrected chi connectivity index (χ0v) is 10.1. The van der Waals surface area contributed by atoms with Gasteiger partial charge in [0.25, 0.3) is 0 Å². The quantitative estimate of drug-likeness (QED) is 0.559. The smallest absolute Gasteiger partial charge is 0.246 e. The van der Waals surface area contributed by atoms with Gasteiger partial charge in [-0.3, -0.25) is 4.79 Å². The van der Waals surface area contributed by atoms with E-state index in [1.807, 2.05) is 13.8 Å². The number of aliphatic hydroxyl groups is 1. The van der Waals surface area contributed by atoms with Crippen LogP contribution in [0.25, 0.3) is 0 Å². The molecule has 1 atom stereocenters. The van der Waals surface area contributed by atoms with Crippen LogP contribution in [0.3, 0.4) is 0 Å². The van der Waals surface area contributed by atoms with Crippen molar-refractivity contribution in [1.29, 1.82) is 0 Å². The summed E-state index contributed by atoms with van der Waals surface area (Å²) in [6, 6.07) is 0. The Morgan fingerprint density at radius 3 is 2.81 bits per heavy atom. The van der Waals surface area contributed by atoms with Crippen molar-refractivity contribution in [2.24, 2.45) is 0 Å². The first-order valence-corrected chi connectivity index (χ1v) is 5.85. The Hall–Kier alpha value is -0.650. The molecule has 0 radical (unpaired) electrons. The number of nitrogens with one attached hydrogen (secondary N) is 2. The SMILES string of the molecule is CCC(O)CCNC(=O)COC1(C)CNC1. The lowest BCUT2D eigenvalue weighted by Gasteiger charge is -2.38. The van der Waals surface area contributed by atoms with Gasteiger partial charge in [-0.1, -0.05) is 6.92 Å². The molecule has 0 aromatic rings. The van der Waals surface area contributed by atoms with E-state index in [4.69, 9.17) is 4.74 Å². The van der Waals surface area contributed by atoms with Crippen LogP contribution in [0.4, 0.5) is 0 Å². The molecule has 1 amide bonds. The summed E-state index contributed by atoms with van der Waals surface area (Å²) in [5, 5.41) is 15.1. The van der Waals surface area contributed by atoms with E-state index >= 15 is 0 Å². The van der Waals surface area contributed by atoms with E-state index in [1.165, 1.54) is 0 Å². The summed E-state index contributed by atoms with van der Waals surface area (Å²) < 4.78 is 5.47. The molecule has 0 aliphatic carbocycles. The van der Waals surface area contributed by atoms with E-state index in [0.717, 1.165) is 19.5 Å². The highest BCUT2D eigenvalue weighted by molar-refractivity contribution is 5.77. The van der Waals surface area contributed by atoms with Gasteiger partial charge in [-0.15, -0.1) is 0 Å². The van der Waals surface area contributed by atoms with Crippen LogP contribution in [0.1, 0.15) is 26.7 Å². The van der Waals surface area contributed by atoms with Gasteiger partial charge < -0.3 is 20.5 Å². The summed E-state index contributed by atoms with van der Waals surface area (Å²) in [7, 11) is 0. The molecule has 0 aromatic carbocycles. The van der Waals surface area contributed by atoms with Crippen molar-refractivity contribution < 1.29 is 14.6 Å². The number of aliphatic hydroxyl groups excluding tert-OH is 1. The van der Waals surface area contributed by atoms with Crippen molar-refractivity contribution in [3.05, 3.63) is 0 Å². The lowest BCUT2D eigenvalue weighted by atomic mass is 10.0. The van der Waals surface area contributed by atoms with Gasteiger partial charge in [-0.05, 0) is 19.8 Å². The van der Waals surface area contributed by atoms with Crippen LogP contribution >= 0.6 is 0 Å². The number of ether oxygens (including phenoxy) is 1. The fraction of sp³-hybridized carbons (Fsp3) is 0.909. The van der Waals surface area contributed by atoms with Crippen molar-refractivity contribution in [3.8, 4) is 0 Å². The Bertz CT molecular complexity index is 229. The van der Waals surface area contributed by atoms with Crippen molar-refractivity contribution in [1.82, 2.24) is 10.6 Å². The van der Waals surface area contributed by atoms with E-state index in [0.29, 0.717) is 13.0 Å². The van der Waals surface area contributed by atoms with Gasteiger partial charge in [-0.25, -0.2) is 0 Å². The number of rotatable bonds is 7. The molecule has 5 nitrogen and oxygen atoms in total. The highest BCUT2D eigenvalue weighted by Gasteiger charge is 2.32. The maximum atomic E-state index is 11.4. The average molecular weight is 230 g/mol. The molecule has 0 aromatic heterocycles. The second-order valence-electron chi connectivity index (χ2n) is 4.54. The second kappa shape index (κ2) is 6.18. The predicted molar refractivity (Wildman–Crippen MR) is 61.2 cm³/mol. The topological polar surface area (TPSA) is 70.6 Å². The monoisotopic (exact) mass is 230 g/mol. The fourth-order valence-corrected chi connectivity index (χ4v) is 1.45. The summed E-state index contributed by atoms with van der Waals surface area (Å²) in [5.41, 5.74) is -0.180. The van der Waals surface area contributed by atoms with Gasteiger partial charge in [-0.2, -0.15) is 0 Å². The first-order valence-electron chi connectivity index (χ1n) is 5.85. The molecule has 1 fully saturated rings. The molecular weight excluding hydrogens is 208 g/mol. The number of carbonyl (C=O) groups is 1. The number of amides is 1. The van der Waals surface area contributed by atoms with Gasteiger partial charge in [0.2, 0.25) is 5.91 Å². The second-order valence-corrected chi connectivity index (χ2v) is 4.54. The van der Waals surface area contributed by atoms with Crippen LogP contribution in [-0.2, 0) is 9.53 Å². The third-order valence-corrected chi connectivity index (χ3v) is 2.82. The van der Waals surface area contributed by atoms with Crippen LogP contribution in [0.2, 0.25) is 0 Å². The maximum Gasteiger partial charge on any atom is 0.246 e. The van der Waals surface area contributed by atoms with Gasteiger partial charge in [0.05, 0.1) is 11.7 Å². The van der Waals surface area contributed by atoms with E-state index in [1.54, 1.807) is 0 Å². The zero-order chi connectivity index (χ0) is 12.0. The highest BCUT2D eigenvalue weighted by Crippen LogP contribution is 2.14. The Kier molecular flexibility index (Phi) is 5.18. The molecule has 94 valence electrons. The van der Waals surface area contributed by atoms with Gasteiger partial charge in [0.1, 0.15) is 6.61 Å². The molecule has 0 saturated carbocycles. The summed E-state index contributed by atoms with van der Waals surface area (Å²) in [4.78, 5) is 11.4. The minimum atomic E-state index is -0.324. The molecule has 1 aliphatic heterocycles.